The smallest absolute Gasteiger partial charge is 0.119 e. The van der Waals surface area contributed by atoms with Crippen molar-refractivity contribution in [3.05, 3.63) is 90.0 Å². The van der Waals surface area contributed by atoms with Gasteiger partial charge in [0, 0.05) is 6.21 Å². The lowest BCUT2D eigenvalue weighted by molar-refractivity contribution is 0.415. The van der Waals surface area contributed by atoms with Gasteiger partial charge in [-0.05, 0) is 49.6 Å². The van der Waals surface area contributed by atoms with Crippen LogP contribution in [0.15, 0.2) is 83.9 Å². The summed E-state index contributed by atoms with van der Waals surface area (Å²) in [6, 6.07) is 18.3. The predicted molar refractivity (Wildman–Crippen MR) is 105 cm³/mol. The van der Waals surface area contributed by atoms with Gasteiger partial charge in [0.2, 0.25) is 0 Å². The lowest BCUT2D eigenvalue weighted by atomic mass is 10.0. The molecule has 1 atom stereocenters. The molecule has 0 heterocycles. The summed E-state index contributed by atoms with van der Waals surface area (Å²) >= 11 is 0. The average molecular weight is 321 g/mol. The van der Waals surface area contributed by atoms with Crippen LogP contribution in [0.4, 0.5) is 0 Å². The summed E-state index contributed by atoms with van der Waals surface area (Å²) in [7, 11) is 1.67. The number of aliphatic imine (C=N–C) groups is 1. The zero-order chi connectivity index (χ0) is 17.8. The molecule has 1 unspecified atom stereocenters. The van der Waals surface area contributed by atoms with Gasteiger partial charge in [-0.25, -0.2) is 0 Å². The fraction of sp³-hybridized carbons (Fsp3) is 0.227. The van der Waals surface area contributed by atoms with E-state index in [0.717, 1.165) is 11.3 Å². The number of allylic oxidation sites excluding steroid dienone is 2. The first-order chi connectivity index (χ1) is 11.7. The summed E-state index contributed by atoms with van der Waals surface area (Å²) in [4.78, 5) is 4.76. The zero-order valence-corrected chi connectivity index (χ0v) is 15.1. The summed E-state index contributed by atoms with van der Waals surface area (Å²) in [5.41, 5.74) is 3.48. The van der Waals surface area contributed by atoms with Crippen LogP contribution in [-0.4, -0.2) is 13.3 Å². The van der Waals surface area contributed by atoms with Gasteiger partial charge >= 0.3 is 0 Å². The summed E-state index contributed by atoms with van der Waals surface area (Å²) in [5.74, 6) is 0.845. The molecule has 0 amide bonds. The molecule has 0 bridgehead atoms. The van der Waals surface area contributed by atoms with Crippen molar-refractivity contribution in [2.75, 3.05) is 7.11 Å². The Balaban J connectivity index is 0.000000891. The fourth-order valence-corrected chi connectivity index (χ4v) is 2.14. The topological polar surface area (TPSA) is 21.6 Å². The average Bonchev–Trinajstić information content (AvgIpc) is 2.63. The van der Waals surface area contributed by atoms with E-state index in [4.69, 9.17) is 9.73 Å². The molecule has 0 spiro atoms. The summed E-state index contributed by atoms with van der Waals surface area (Å²) in [6.07, 6.45) is 5.77. The summed E-state index contributed by atoms with van der Waals surface area (Å²) in [5, 5.41) is 0. The molecule has 0 saturated carbocycles. The number of rotatable bonds is 5. The highest BCUT2D eigenvalue weighted by atomic mass is 16.5. The first-order valence-electron chi connectivity index (χ1n) is 8.08. The molecule has 0 aromatic heterocycles. The molecule has 0 aliphatic heterocycles. The highest BCUT2D eigenvalue weighted by Crippen LogP contribution is 2.25. The number of hydrogen-bond acceptors (Lipinski definition) is 2. The maximum Gasteiger partial charge on any atom is 0.119 e. The Bertz CT molecular complexity index is 671. The Labute approximate surface area is 146 Å². The number of hydrogen-bond donors (Lipinski definition) is 0. The van der Waals surface area contributed by atoms with Crippen molar-refractivity contribution in [2.45, 2.75) is 26.8 Å². The van der Waals surface area contributed by atoms with Crippen molar-refractivity contribution in [3.63, 3.8) is 0 Å². The largest absolute Gasteiger partial charge is 0.497 e. The van der Waals surface area contributed by atoms with Crippen molar-refractivity contribution in [3.8, 4) is 5.75 Å². The Hall–Kier alpha value is -2.61. The van der Waals surface area contributed by atoms with Gasteiger partial charge in [0.05, 0.1) is 13.2 Å². The second kappa shape index (κ2) is 11.0. The molecule has 2 heteroatoms. The number of nitrogens with zero attached hydrogens (tertiary/aromatic N) is 1. The van der Waals surface area contributed by atoms with Gasteiger partial charge in [-0.2, -0.15) is 0 Å². The third-order valence-electron chi connectivity index (χ3n) is 3.47. The molecule has 0 saturated heterocycles. The van der Waals surface area contributed by atoms with Crippen molar-refractivity contribution in [1.82, 2.24) is 0 Å². The van der Waals surface area contributed by atoms with Crippen LogP contribution in [0.5, 0.6) is 5.75 Å². The number of ether oxygens (including phenoxy) is 1. The van der Waals surface area contributed by atoms with Crippen LogP contribution >= 0.6 is 0 Å². The minimum absolute atomic E-state index is 0.0578. The van der Waals surface area contributed by atoms with Crippen LogP contribution in [0.3, 0.4) is 0 Å². The second-order valence-electron chi connectivity index (χ2n) is 5.31. The van der Waals surface area contributed by atoms with Gasteiger partial charge in [0.25, 0.3) is 0 Å². The Morgan fingerprint density at radius 2 is 1.75 bits per heavy atom. The van der Waals surface area contributed by atoms with E-state index in [2.05, 4.69) is 31.7 Å². The first-order valence-corrected chi connectivity index (χ1v) is 8.08. The van der Waals surface area contributed by atoms with Gasteiger partial charge in [-0.3, -0.25) is 4.99 Å². The van der Waals surface area contributed by atoms with Crippen LogP contribution in [0.1, 0.15) is 37.9 Å². The molecule has 2 nitrogen and oxygen atoms in total. The normalized spacial score (nSPS) is 12.2. The first kappa shape index (κ1) is 19.4. The zero-order valence-electron chi connectivity index (χ0n) is 15.1. The summed E-state index contributed by atoms with van der Waals surface area (Å²) in [6.45, 7) is 9.41. The van der Waals surface area contributed by atoms with Crippen molar-refractivity contribution in [1.29, 1.82) is 0 Å². The minimum atomic E-state index is 0.0578. The maximum absolute atomic E-state index is 5.24. The molecule has 126 valence electrons. The van der Waals surface area contributed by atoms with E-state index in [1.54, 1.807) is 13.2 Å². The Kier molecular flexibility index (Phi) is 8.91. The minimum Gasteiger partial charge on any atom is -0.497 e. The van der Waals surface area contributed by atoms with E-state index in [1.165, 1.54) is 11.1 Å². The van der Waals surface area contributed by atoms with E-state index >= 15 is 0 Å². The SMILES string of the molecule is C/C=C(\C)C(N=Cc1cccc(OC)c1)c1ccccc1.C=CC. The molecule has 2 aromatic carbocycles. The van der Waals surface area contributed by atoms with Crippen LogP contribution in [-0.2, 0) is 0 Å². The van der Waals surface area contributed by atoms with Gasteiger partial charge in [0.1, 0.15) is 5.75 Å². The lowest BCUT2D eigenvalue weighted by Crippen LogP contribution is -1.98. The lowest BCUT2D eigenvalue weighted by Gasteiger charge is -2.13. The molecule has 0 aliphatic rings. The molecule has 24 heavy (non-hydrogen) atoms. The standard InChI is InChI=1S/C19H21NO.C3H6/c1-4-15(2)19(17-10-6-5-7-11-17)20-14-16-9-8-12-18(13-16)21-3;1-3-2/h4-14,19H,1-3H3;3H,1H2,2H3/b15-4+,20-14?;. The van der Waals surface area contributed by atoms with Gasteiger partial charge < -0.3 is 4.74 Å². The number of methoxy groups -OCH3 is 1. The van der Waals surface area contributed by atoms with E-state index < -0.39 is 0 Å². The van der Waals surface area contributed by atoms with Crippen molar-refractivity contribution >= 4 is 6.21 Å². The molecular formula is C22H27NO. The second-order valence-corrected chi connectivity index (χ2v) is 5.31. The number of benzene rings is 2. The van der Waals surface area contributed by atoms with E-state index in [-0.39, 0.29) is 6.04 Å². The van der Waals surface area contributed by atoms with Gasteiger partial charge in [-0.1, -0.05) is 54.6 Å². The van der Waals surface area contributed by atoms with Gasteiger partial charge in [0.15, 0.2) is 0 Å². The fourth-order valence-electron chi connectivity index (χ4n) is 2.14. The molecule has 2 aromatic rings. The molecule has 0 radical (unpaired) electrons. The van der Waals surface area contributed by atoms with Crippen molar-refractivity contribution < 1.29 is 4.74 Å². The molecule has 0 fully saturated rings. The van der Waals surface area contributed by atoms with E-state index in [0.29, 0.717) is 0 Å². The van der Waals surface area contributed by atoms with Crippen LogP contribution in [0.2, 0.25) is 0 Å². The molecular weight excluding hydrogens is 294 g/mol. The predicted octanol–water partition coefficient (Wildman–Crippen LogP) is 6.01. The maximum atomic E-state index is 5.24. The monoisotopic (exact) mass is 321 g/mol. The molecule has 0 N–H and O–H groups in total. The molecule has 2 rings (SSSR count). The summed E-state index contributed by atoms with van der Waals surface area (Å²) < 4.78 is 5.24. The Morgan fingerprint density at radius 1 is 1.08 bits per heavy atom. The highest BCUT2D eigenvalue weighted by Gasteiger charge is 2.10. The molecule has 0 aliphatic carbocycles. The van der Waals surface area contributed by atoms with E-state index in [1.807, 2.05) is 62.5 Å². The Morgan fingerprint density at radius 3 is 2.33 bits per heavy atom. The van der Waals surface area contributed by atoms with Crippen LogP contribution in [0.25, 0.3) is 0 Å². The van der Waals surface area contributed by atoms with Crippen LogP contribution in [0, 0.1) is 0 Å². The third kappa shape index (κ3) is 6.25. The van der Waals surface area contributed by atoms with Crippen molar-refractivity contribution in [2.24, 2.45) is 4.99 Å². The highest BCUT2D eigenvalue weighted by molar-refractivity contribution is 5.80. The van der Waals surface area contributed by atoms with Gasteiger partial charge in [-0.15, -0.1) is 6.58 Å². The van der Waals surface area contributed by atoms with E-state index in [9.17, 15) is 0 Å². The third-order valence-corrected chi connectivity index (χ3v) is 3.47. The van der Waals surface area contributed by atoms with Crippen LogP contribution < -0.4 is 4.74 Å². The quantitative estimate of drug-likeness (QED) is 0.488.